The highest BCUT2D eigenvalue weighted by atomic mass is 16.1. The van der Waals surface area contributed by atoms with Gasteiger partial charge < -0.3 is 4.98 Å². The quantitative estimate of drug-likeness (QED) is 0.660. The molecule has 62 valence electrons. The molecule has 0 aliphatic carbocycles. The number of H-pyrrole nitrogens is 1. The van der Waals surface area contributed by atoms with E-state index in [4.69, 9.17) is 0 Å². The lowest BCUT2D eigenvalue weighted by atomic mass is 10.2. The van der Waals surface area contributed by atoms with Crippen LogP contribution >= 0.6 is 0 Å². The number of rotatable bonds is 2. The van der Waals surface area contributed by atoms with Gasteiger partial charge in [-0.15, -0.1) is 0 Å². The number of hydrogen-bond acceptors (Lipinski definition) is 1. The Morgan fingerprint density at radius 3 is 2.92 bits per heavy atom. The summed E-state index contributed by atoms with van der Waals surface area (Å²) in [5, 5.41) is 0. The lowest BCUT2D eigenvalue weighted by molar-refractivity contribution is 1.17. The number of aryl methyl sites for hydroxylation is 1. The van der Waals surface area contributed by atoms with Gasteiger partial charge in [-0.3, -0.25) is 4.79 Å². The molecule has 1 N–H and O–H groups in total. The molecule has 0 saturated heterocycles. The lowest BCUT2D eigenvalue weighted by Crippen LogP contribution is -2.05. The second kappa shape index (κ2) is 3.72. The van der Waals surface area contributed by atoms with Crippen molar-refractivity contribution < 1.29 is 0 Å². The van der Waals surface area contributed by atoms with Crippen molar-refractivity contribution >= 4 is 6.08 Å². The van der Waals surface area contributed by atoms with Crippen LogP contribution in [-0.4, -0.2) is 4.98 Å². The van der Waals surface area contributed by atoms with E-state index in [0.717, 1.165) is 11.3 Å². The van der Waals surface area contributed by atoms with E-state index in [2.05, 4.69) is 11.6 Å². The molecule has 0 radical (unpaired) electrons. The van der Waals surface area contributed by atoms with Gasteiger partial charge in [0.2, 0.25) is 5.56 Å². The predicted octanol–water partition coefficient (Wildman–Crippen LogP) is 1.88. The van der Waals surface area contributed by atoms with Crippen molar-refractivity contribution in [3.8, 4) is 0 Å². The first-order valence-electron chi connectivity index (χ1n) is 3.73. The van der Waals surface area contributed by atoms with Crippen LogP contribution in [0.15, 0.2) is 35.7 Å². The zero-order valence-electron chi connectivity index (χ0n) is 7.00. The van der Waals surface area contributed by atoms with Gasteiger partial charge in [0.25, 0.3) is 0 Å². The summed E-state index contributed by atoms with van der Waals surface area (Å²) in [6, 6.07) is 3.31. The molecular weight excluding hydrogens is 150 g/mol. The highest BCUT2D eigenvalue weighted by Gasteiger charge is 1.92. The largest absolute Gasteiger partial charge is 0.322 e. The molecule has 0 amide bonds. The van der Waals surface area contributed by atoms with Crippen LogP contribution in [0.5, 0.6) is 0 Å². The molecule has 12 heavy (non-hydrogen) atoms. The summed E-state index contributed by atoms with van der Waals surface area (Å²) in [7, 11) is 0. The fourth-order valence-corrected chi connectivity index (χ4v) is 0.901. The van der Waals surface area contributed by atoms with E-state index in [0.29, 0.717) is 0 Å². The Labute approximate surface area is 71.3 Å². The van der Waals surface area contributed by atoms with Crippen LogP contribution in [0.2, 0.25) is 0 Å². The van der Waals surface area contributed by atoms with Crippen molar-refractivity contribution in [1.29, 1.82) is 0 Å². The number of allylic oxidation sites excluding steroid dienone is 2. The minimum Gasteiger partial charge on any atom is -0.322 e. The van der Waals surface area contributed by atoms with Gasteiger partial charge in [0.15, 0.2) is 0 Å². The van der Waals surface area contributed by atoms with E-state index in [-0.39, 0.29) is 5.56 Å². The van der Waals surface area contributed by atoms with Gasteiger partial charge in [0.1, 0.15) is 0 Å². The molecule has 0 unspecified atom stereocenters. The first-order chi connectivity index (χ1) is 5.74. The maximum Gasteiger partial charge on any atom is 0.248 e. The van der Waals surface area contributed by atoms with Crippen LogP contribution < -0.4 is 5.56 Å². The Bertz CT molecular complexity index is 360. The van der Waals surface area contributed by atoms with Gasteiger partial charge in [0, 0.05) is 11.8 Å². The monoisotopic (exact) mass is 161 g/mol. The number of pyridine rings is 1. The Morgan fingerprint density at radius 1 is 1.50 bits per heavy atom. The Balaban J connectivity index is 3.13. The minimum absolute atomic E-state index is 0.0793. The van der Waals surface area contributed by atoms with Gasteiger partial charge in [-0.05, 0) is 18.6 Å². The molecular formula is C10H11NO. The predicted molar refractivity (Wildman–Crippen MR) is 51.0 cm³/mol. The van der Waals surface area contributed by atoms with Crippen LogP contribution in [0.4, 0.5) is 0 Å². The zero-order valence-corrected chi connectivity index (χ0v) is 7.00. The van der Waals surface area contributed by atoms with E-state index in [1.165, 1.54) is 6.07 Å². The Hall–Kier alpha value is -1.57. The molecule has 2 heteroatoms. The maximum atomic E-state index is 10.9. The van der Waals surface area contributed by atoms with E-state index < -0.39 is 0 Å². The van der Waals surface area contributed by atoms with Crippen molar-refractivity contribution in [2.24, 2.45) is 0 Å². The van der Waals surface area contributed by atoms with Crippen LogP contribution in [0.3, 0.4) is 0 Å². The molecule has 1 aromatic heterocycles. The average Bonchev–Trinajstić information content (AvgIpc) is 2.07. The Morgan fingerprint density at radius 2 is 2.25 bits per heavy atom. The Kier molecular flexibility index (Phi) is 2.64. The van der Waals surface area contributed by atoms with Gasteiger partial charge >= 0.3 is 0 Å². The fourth-order valence-electron chi connectivity index (χ4n) is 0.901. The van der Waals surface area contributed by atoms with Crippen molar-refractivity contribution in [1.82, 2.24) is 4.98 Å². The fraction of sp³-hybridized carbons (Fsp3) is 0.100. The maximum absolute atomic E-state index is 10.9. The molecule has 0 saturated carbocycles. The van der Waals surface area contributed by atoms with Crippen LogP contribution in [-0.2, 0) is 0 Å². The summed E-state index contributed by atoms with van der Waals surface area (Å²) in [5.41, 5.74) is 1.81. The van der Waals surface area contributed by atoms with Gasteiger partial charge in [-0.2, -0.15) is 0 Å². The molecule has 0 bridgehead atoms. The van der Waals surface area contributed by atoms with Gasteiger partial charge in [-0.1, -0.05) is 24.8 Å². The molecule has 0 aromatic carbocycles. The topological polar surface area (TPSA) is 32.9 Å². The zero-order chi connectivity index (χ0) is 8.97. The standard InChI is InChI=1S/C10H11NO/c1-3-4-5-9-8(2)6-7-10(12)11-9/h3-7H,1H2,2H3,(H,11,12)/b5-4-. The van der Waals surface area contributed by atoms with Crippen LogP contribution in [0.1, 0.15) is 11.3 Å². The van der Waals surface area contributed by atoms with Crippen molar-refractivity contribution in [2.75, 3.05) is 0 Å². The number of nitrogens with one attached hydrogen (secondary N) is 1. The molecule has 1 rings (SSSR count). The third-order valence-corrected chi connectivity index (χ3v) is 1.57. The normalized spacial score (nSPS) is 10.4. The summed E-state index contributed by atoms with van der Waals surface area (Å²) in [4.78, 5) is 13.6. The third kappa shape index (κ3) is 1.95. The number of aromatic amines is 1. The number of aromatic nitrogens is 1. The van der Waals surface area contributed by atoms with Gasteiger partial charge in [0.05, 0.1) is 0 Å². The van der Waals surface area contributed by atoms with Crippen molar-refractivity contribution in [2.45, 2.75) is 6.92 Å². The highest BCUT2D eigenvalue weighted by Crippen LogP contribution is 2.02. The van der Waals surface area contributed by atoms with E-state index in [9.17, 15) is 4.79 Å². The van der Waals surface area contributed by atoms with Crippen molar-refractivity contribution in [3.05, 3.63) is 52.5 Å². The van der Waals surface area contributed by atoms with Gasteiger partial charge in [-0.25, -0.2) is 0 Å². The SMILES string of the molecule is C=C/C=C\c1[nH]c(=O)ccc1C. The van der Waals surface area contributed by atoms with Crippen LogP contribution in [0, 0.1) is 6.92 Å². The van der Waals surface area contributed by atoms with Crippen LogP contribution in [0.25, 0.3) is 6.08 Å². The van der Waals surface area contributed by atoms with E-state index in [1.54, 1.807) is 18.2 Å². The van der Waals surface area contributed by atoms with E-state index in [1.807, 2.05) is 13.0 Å². The summed E-state index contributed by atoms with van der Waals surface area (Å²) < 4.78 is 0. The molecule has 0 spiro atoms. The second-order valence-corrected chi connectivity index (χ2v) is 2.51. The van der Waals surface area contributed by atoms with E-state index >= 15 is 0 Å². The highest BCUT2D eigenvalue weighted by molar-refractivity contribution is 5.50. The summed E-state index contributed by atoms with van der Waals surface area (Å²) in [6.07, 6.45) is 5.28. The average molecular weight is 161 g/mol. The molecule has 1 heterocycles. The summed E-state index contributed by atoms with van der Waals surface area (Å²) in [5.74, 6) is 0. The second-order valence-electron chi connectivity index (χ2n) is 2.51. The summed E-state index contributed by atoms with van der Waals surface area (Å²) >= 11 is 0. The molecule has 0 atom stereocenters. The summed E-state index contributed by atoms with van der Waals surface area (Å²) in [6.45, 7) is 5.49. The molecule has 0 aliphatic heterocycles. The lowest BCUT2D eigenvalue weighted by Gasteiger charge is -1.96. The molecule has 0 fully saturated rings. The van der Waals surface area contributed by atoms with Crippen molar-refractivity contribution in [3.63, 3.8) is 0 Å². The third-order valence-electron chi connectivity index (χ3n) is 1.57. The molecule has 1 aromatic rings. The molecule has 2 nitrogen and oxygen atoms in total. The molecule has 0 aliphatic rings. The first kappa shape index (κ1) is 8.53. The minimum atomic E-state index is -0.0793. The smallest absolute Gasteiger partial charge is 0.248 e. The number of hydrogen-bond donors (Lipinski definition) is 1. The first-order valence-corrected chi connectivity index (χ1v) is 3.73.